The van der Waals surface area contributed by atoms with E-state index in [0.717, 1.165) is 51.4 Å². The predicted octanol–water partition coefficient (Wildman–Crippen LogP) is 3.33. The molecule has 0 aliphatic rings. The molecule has 0 bridgehead atoms. The van der Waals surface area contributed by atoms with E-state index in [1.807, 2.05) is 0 Å². The van der Waals surface area contributed by atoms with Gasteiger partial charge >= 0.3 is 51.4 Å². The number of aliphatic hydroxyl groups excluding tert-OH is 1. The predicted molar refractivity (Wildman–Crippen MR) is 114 cm³/mol. The molecule has 0 aromatic carbocycles. The molecule has 0 aromatic heterocycles. The Morgan fingerprint density at radius 1 is 0.679 bits per heavy atom. The van der Waals surface area contributed by atoms with Gasteiger partial charge in [0.1, 0.15) is 0 Å². The molecule has 1 N–H and O–H groups in total. The molecule has 0 amide bonds. The van der Waals surface area contributed by atoms with E-state index in [1.165, 1.54) is 51.4 Å². The van der Waals surface area contributed by atoms with Crippen molar-refractivity contribution < 1.29 is 69.5 Å². The molecule has 0 aliphatic heterocycles. The summed E-state index contributed by atoms with van der Waals surface area (Å²) in [5.74, 6) is 0. The number of unbranched alkanes of at least 4 members (excludes halogenated alkanes) is 12. The first-order valence-corrected chi connectivity index (χ1v) is 13.0. The number of hydrogen-bond acceptors (Lipinski definition) is 4. The molecule has 4 nitrogen and oxygen atoms in total. The molecular weight excluding hydrogens is 399 g/mol. The average Bonchev–Trinajstić information content (AvgIpc) is 2.61. The number of rotatable bonds is 20. The molecule has 2 unspecified atom stereocenters. The van der Waals surface area contributed by atoms with E-state index in [0.29, 0.717) is 12.8 Å². The van der Waals surface area contributed by atoms with Crippen LogP contribution in [0.4, 0.5) is 0 Å². The van der Waals surface area contributed by atoms with E-state index in [2.05, 4.69) is 6.92 Å². The van der Waals surface area contributed by atoms with Crippen LogP contribution in [-0.2, 0) is 10.1 Å². The van der Waals surface area contributed by atoms with E-state index in [4.69, 9.17) is 0 Å². The van der Waals surface area contributed by atoms with Crippen LogP contribution in [0.5, 0.6) is 0 Å². The largest absolute Gasteiger partial charge is 1.00 e. The van der Waals surface area contributed by atoms with Crippen LogP contribution in [0.1, 0.15) is 129 Å². The van der Waals surface area contributed by atoms with Gasteiger partial charge in [-0.15, -0.1) is 0 Å². The molecule has 0 fully saturated rings. The van der Waals surface area contributed by atoms with Crippen molar-refractivity contribution in [2.75, 3.05) is 0 Å². The molecule has 6 heteroatoms. The molecule has 164 valence electrons. The van der Waals surface area contributed by atoms with Gasteiger partial charge in [-0.2, -0.15) is 0 Å². The van der Waals surface area contributed by atoms with Gasteiger partial charge in [0.05, 0.1) is 16.2 Å². The topological polar surface area (TPSA) is 77.4 Å². The maximum Gasteiger partial charge on any atom is 1.00 e. The van der Waals surface area contributed by atoms with Gasteiger partial charge in [-0.25, -0.2) is 8.42 Å². The molecule has 2 atom stereocenters. The van der Waals surface area contributed by atoms with Gasteiger partial charge in [0.15, 0.2) is 0 Å². The van der Waals surface area contributed by atoms with Crippen molar-refractivity contribution in [3.8, 4) is 0 Å². The monoisotopic (exact) mass is 444 g/mol. The van der Waals surface area contributed by atoms with Crippen LogP contribution >= 0.6 is 0 Å². The summed E-state index contributed by atoms with van der Waals surface area (Å²) in [7, 11) is -4.12. The minimum atomic E-state index is -4.12. The summed E-state index contributed by atoms with van der Waals surface area (Å²) in [5, 5.41) is 9.33. The molecule has 0 saturated heterocycles. The van der Waals surface area contributed by atoms with Gasteiger partial charge in [0, 0.05) is 5.25 Å². The quantitative estimate of drug-likeness (QED) is 0.177. The zero-order chi connectivity index (χ0) is 20.4. The van der Waals surface area contributed by atoms with Crippen LogP contribution in [-0.4, -0.2) is 29.4 Å². The fraction of sp³-hybridized carbons (Fsp3) is 1.00. The maximum atomic E-state index is 11.0. The van der Waals surface area contributed by atoms with Crippen molar-refractivity contribution in [2.45, 2.75) is 141 Å². The molecule has 0 heterocycles. The molecule has 0 aliphatic carbocycles. The summed E-state index contributed by atoms with van der Waals surface area (Å²) in [5.41, 5.74) is 0. The number of hydrogen-bond donors (Lipinski definition) is 1. The van der Waals surface area contributed by atoms with E-state index in [-0.39, 0.29) is 57.5 Å². The first-order valence-electron chi connectivity index (χ1n) is 11.5. The van der Waals surface area contributed by atoms with Crippen LogP contribution in [0, 0.1) is 0 Å². The van der Waals surface area contributed by atoms with Crippen molar-refractivity contribution in [1.29, 1.82) is 0 Å². The van der Waals surface area contributed by atoms with E-state index < -0.39 is 15.4 Å². The Hall–Kier alpha value is 1.51. The molecule has 0 saturated carbocycles. The normalized spacial score (nSPS) is 13.9. The van der Waals surface area contributed by atoms with Gasteiger partial charge in [-0.05, 0) is 25.7 Å². The second-order valence-corrected chi connectivity index (χ2v) is 9.79. The molecule has 0 spiro atoms. The van der Waals surface area contributed by atoms with Crippen molar-refractivity contribution in [1.82, 2.24) is 0 Å². The van der Waals surface area contributed by atoms with Crippen molar-refractivity contribution >= 4 is 10.1 Å². The van der Waals surface area contributed by atoms with E-state index in [1.54, 1.807) is 6.92 Å². The second kappa shape index (κ2) is 21.7. The fourth-order valence-corrected chi connectivity index (χ4v) is 4.53. The third-order valence-corrected chi connectivity index (χ3v) is 6.95. The van der Waals surface area contributed by atoms with Gasteiger partial charge in [-0.1, -0.05) is 104 Å². The Morgan fingerprint density at radius 2 is 1.04 bits per heavy atom. The van der Waals surface area contributed by atoms with Crippen LogP contribution < -0.4 is 51.4 Å². The Kier molecular flexibility index (Phi) is 24.6. The minimum Gasteiger partial charge on any atom is -0.748 e. The molecule has 0 aromatic rings. The first kappa shape index (κ1) is 31.7. The Morgan fingerprint density at radius 3 is 1.39 bits per heavy atom. The summed E-state index contributed by atoms with van der Waals surface area (Å²) in [6.07, 6.45) is 19.3. The Balaban J connectivity index is 0. The third kappa shape index (κ3) is 20.8. The van der Waals surface area contributed by atoms with Gasteiger partial charge in [0.25, 0.3) is 0 Å². The van der Waals surface area contributed by atoms with E-state index in [9.17, 15) is 18.1 Å². The summed E-state index contributed by atoms with van der Waals surface area (Å²) in [6, 6.07) is 0. The molecule has 0 radical (unpaired) electrons. The van der Waals surface area contributed by atoms with Crippen LogP contribution in [0.3, 0.4) is 0 Å². The summed E-state index contributed by atoms with van der Waals surface area (Å²) in [4.78, 5) is 0. The summed E-state index contributed by atoms with van der Waals surface area (Å²) < 4.78 is 33.0. The zero-order valence-corrected chi connectivity index (χ0v) is 22.9. The van der Waals surface area contributed by atoms with Crippen molar-refractivity contribution in [3.63, 3.8) is 0 Å². The van der Waals surface area contributed by atoms with Gasteiger partial charge < -0.3 is 9.66 Å². The van der Waals surface area contributed by atoms with Crippen molar-refractivity contribution in [2.24, 2.45) is 0 Å². The molecule has 0 rings (SSSR count). The first-order chi connectivity index (χ1) is 12.9. The van der Waals surface area contributed by atoms with Crippen molar-refractivity contribution in [3.05, 3.63) is 0 Å². The average molecular weight is 445 g/mol. The summed E-state index contributed by atoms with van der Waals surface area (Å²) >= 11 is 0. The molecule has 28 heavy (non-hydrogen) atoms. The van der Waals surface area contributed by atoms with Crippen LogP contribution in [0.25, 0.3) is 0 Å². The standard InChI is InChI=1S/C22H46O4S.K/c1-3-5-6-7-9-12-15-18-21(23)19-16-13-10-8-11-14-17-20-22(4-2)27(24,25)26;/h21-23H,3-20H2,1-2H3,(H,24,25,26);/q;+1/p-1. The van der Waals surface area contributed by atoms with E-state index >= 15 is 0 Å². The smallest absolute Gasteiger partial charge is 0.748 e. The Labute approximate surface area is 218 Å². The SMILES string of the molecule is CCCCCCCCCC(O)CCCCCCCCCC(CC)S(=O)(=O)[O-].[K+]. The molecular formula is C22H45KO4S. The summed E-state index contributed by atoms with van der Waals surface area (Å²) in [6.45, 7) is 4.01. The van der Waals surface area contributed by atoms with Gasteiger partial charge in [0.2, 0.25) is 0 Å². The fourth-order valence-electron chi connectivity index (χ4n) is 3.67. The Bertz CT molecular complexity index is 415. The third-order valence-electron chi connectivity index (χ3n) is 5.57. The maximum absolute atomic E-state index is 11.0. The number of aliphatic hydroxyl groups is 1. The second-order valence-electron chi connectivity index (χ2n) is 8.14. The minimum absolute atomic E-state index is 0. The van der Waals surface area contributed by atoms with Crippen LogP contribution in [0.2, 0.25) is 0 Å². The van der Waals surface area contributed by atoms with Crippen LogP contribution in [0.15, 0.2) is 0 Å². The zero-order valence-electron chi connectivity index (χ0n) is 19.0. The van der Waals surface area contributed by atoms with Gasteiger partial charge in [-0.3, -0.25) is 0 Å².